The molecule has 7 nitrogen and oxygen atoms in total. The number of carbonyl (C=O) groups excluding carboxylic acids is 1. The summed E-state index contributed by atoms with van der Waals surface area (Å²) in [6.45, 7) is 2.24. The van der Waals surface area contributed by atoms with Gasteiger partial charge in [0.1, 0.15) is 0 Å². The molecule has 0 N–H and O–H groups in total. The van der Waals surface area contributed by atoms with Gasteiger partial charge in [-0.3, -0.25) is 14.9 Å². The van der Waals surface area contributed by atoms with E-state index in [-0.39, 0.29) is 17.3 Å². The number of benzene rings is 1. The molecule has 2 fully saturated rings. The van der Waals surface area contributed by atoms with Gasteiger partial charge < -0.3 is 14.4 Å². The molecule has 7 heteroatoms. The van der Waals surface area contributed by atoms with E-state index in [1.165, 1.54) is 31.7 Å². The van der Waals surface area contributed by atoms with E-state index in [4.69, 9.17) is 9.47 Å². The minimum atomic E-state index is -0.513. The molecule has 0 radical (unpaired) electrons. The van der Waals surface area contributed by atoms with Crippen LogP contribution in [0.2, 0.25) is 0 Å². The van der Waals surface area contributed by atoms with Gasteiger partial charge in [-0.2, -0.15) is 0 Å². The molecule has 0 bridgehead atoms. The third-order valence-corrected chi connectivity index (χ3v) is 5.40. The average Bonchev–Trinajstić information content (AvgIpc) is 3.26. The second-order valence-corrected chi connectivity index (χ2v) is 6.65. The molecule has 1 aliphatic carbocycles. The minimum Gasteiger partial charge on any atom is -0.490 e. The first-order valence-electron chi connectivity index (χ1n) is 8.11. The zero-order valence-electron chi connectivity index (χ0n) is 14.0. The molecule has 0 aromatic heterocycles. The number of likely N-dealkylation sites (tertiary alicyclic amines) is 1. The van der Waals surface area contributed by atoms with Crippen molar-refractivity contribution in [3.63, 3.8) is 0 Å². The van der Waals surface area contributed by atoms with E-state index in [2.05, 4.69) is 0 Å². The van der Waals surface area contributed by atoms with Crippen molar-refractivity contribution in [3.8, 4) is 5.75 Å². The molecule has 1 aromatic rings. The van der Waals surface area contributed by atoms with Crippen molar-refractivity contribution in [2.45, 2.75) is 19.3 Å². The highest BCUT2D eigenvalue weighted by molar-refractivity contribution is 5.95. The van der Waals surface area contributed by atoms with Crippen molar-refractivity contribution >= 4 is 11.6 Å². The third-order valence-electron chi connectivity index (χ3n) is 5.40. The fourth-order valence-corrected chi connectivity index (χ4v) is 3.78. The molecule has 1 spiro atoms. The Balaban J connectivity index is 1.67. The lowest BCUT2D eigenvalue weighted by Gasteiger charge is -2.33. The van der Waals surface area contributed by atoms with Crippen LogP contribution in [0.3, 0.4) is 0 Å². The van der Waals surface area contributed by atoms with Crippen LogP contribution in [0.4, 0.5) is 5.69 Å². The Labute approximate surface area is 140 Å². The molecule has 130 valence electrons. The summed E-state index contributed by atoms with van der Waals surface area (Å²) in [5, 5.41) is 10.9. The lowest BCUT2D eigenvalue weighted by molar-refractivity contribution is -0.385. The summed E-state index contributed by atoms with van der Waals surface area (Å²) in [5.74, 6) is 0.642. The highest BCUT2D eigenvalue weighted by atomic mass is 16.6. The zero-order valence-corrected chi connectivity index (χ0v) is 14.0. The van der Waals surface area contributed by atoms with Crippen LogP contribution in [0.1, 0.15) is 29.6 Å². The maximum Gasteiger partial charge on any atom is 0.310 e. The summed E-state index contributed by atoms with van der Waals surface area (Å²) in [5.41, 5.74) is 0.657. The number of rotatable bonds is 5. The molecule has 2 aliphatic rings. The normalized spacial score (nSPS) is 21.6. The number of nitrogens with zero attached hydrogens (tertiary/aromatic N) is 2. The van der Waals surface area contributed by atoms with Crippen LogP contribution < -0.4 is 4.74 Å². The molecular weight excluding hydrogens is 312 g/mol. The maximum absolute atomic E-state index is 12.7. The van der Waals surface area contributed by atoms with E-state index in [1.807, 2.05) is 4.90 Å². The SMILES string of the molecule is COCC1CC12CCN(C(=O)c1ccc([N+](=O)[O-])c(OC)c1)CC2. The van der Waals surface area contributed by atoms with Gasteiger partial charge in [0.15, 0.2) is 5.75 Å². The van der Waals surface area contributed by atoms with Gasteiger partial charge in [-0.15, -0.1) is 0 Å². The van der Waals surface area contributed by atoms with Crippen LogP contribution in [0.15, 0.2) is 18.2 Å². The van der Waals surface area contributed by atoms with Gasteiger partial charge in [0.25, 0.3) is 5.91 Å². The standard InChI is InChI=1S/C17H22N2O5/c1-23-11-13-10-17(13)5-7-18(8-6-17)16(20)12-3-4-14(19(21)22)15(9-12)24-2/h3-4,9,13H,5-8,10-11H2,1-2H3. The van der Waals surface area contributed by atoms with E-state index in [0.29, 0.717) is 16.9 Å². The monoisotopic (exact) mass is 334 g/mol. The van der Waals surface area contributed by atoms with Gasteiger partial charge in [0.05, 0.1) is 12.0 Å². The molecule has 1 heterocycles. The van der Waals surface area contributed by atoms with Crippen molar-refractivity contribution < 1.29 is 19.2 Å². The van der Waals surface area contributed by atoms with Gasteiger partial charge in [0.2, 0.25) is 0 Å². The second-order valence-electron chi connectivity index (χ2n) is 6.65. The Morgan fingerprint density at radius 3 is 2.67 bits per heavy atom. The minimum absolute atomic E-state index is 0.0954. The van der Waals surface area contributed by atoms with Crippen LogP contribution in [0.25, 0.3) is 0 Å². The number of nitro benzene ring substituents is 1. The molecule has 24 heavy (non-hydrogen) atoms. The van der Waals surface area contributed by atoms with Crippen molar-refractivity contribution in [1.82, 2.24) is 4.90 Å². The van der Waals surface area contributed by atoms with E-state index >= 15 is 0 Å². The maximum atomic E-state index is 12.7. The summed E-state index contributed by atoms with van der Waals surface area (Å²) >= 11 is 0. The predicted octanol–water partition coefficient (Wildman–Crippen LogP) is 2.49. The number of hydrogen-bond donors (Lipinski definition) is 0. The summed E-state index contributed by atoms with van der Waals surface area (Å²) in [6, 6.07) is 4.28. The Morgan fingerprint density at radius 2 is 2.08 bits per heavy atom. The molecule has 3 rings (SSSR count). The fourth-order valence-electron chi connectivity index (χ4n) is 3.78. The molecular formula is C17H22N2O5. The van der Waals surface area contributed by atoms with Crippen LogP contribution in [-0.4, -0.2) is 49.6 Å². The first-order chi connectivity index (χ1) is 11.5. The largest absolute Gasteiger partial charge is 0.490 e. The van der Waals surface area contributed by atoms with Crippen LogP contribution in [0, 0.1) is 21.4 Å². The van der Waals surface area contributed by atoms with Crippen molar-refractivity contribution in [2.75, 3.05) is 33.9 Å². The molecule has 1 amide bonds. The lowest BCUT2D eigenvalue weighted by atomic mass is 9.90. The third kappa shape index (κ3) is 2.96. The van der Waals surface area contributed by atoms with Gasteiger partial charge >= 0.3 is 5.69 Å². The van der Waals surface area contributed by atoms with Crippen molar-refractivity contribution in [3.05, 3.63) is 33.9 Å². The van der Waals surface area contributed by atoms with Gasteiger partial charge in [-0.25, -0.2) is 0 Å². The van der Waals surface area contributed by atoms with E-state index in [0.717, 1.165) is 32.5 Å². The summed E-state index contributed by atoms with van der Waals surface area (Å²) in [7, 11) is 3.09. The summed E-state index contributed by atoms with van der Waals surface area (Å²) in [6.07, 6.45) is 3.18. The highest BCUT2D eigenvalue weighted by Gasteiger charge is 2.54. The van der Waals surface area contributed by atoms with E-state index < -0.39 is 4.92 Å². The van der Waals surface area contributed by atoms with Crippen LogP contribution >= 0.6 is 0 Å². The number of amides is 1. The molecule has 1 saturated carbocycles. The van der Waals surface area contributed by atoms with Gasteiger partial charge in [0, 0.05) is 44.5 Å². The number of hydrogen-bond acceptors (Lipinski definition) is 5. The topological polar surface area (TPSA) is 81.9 Å². The fraction of sp³-hybridized carbons (Fsp3) is 0.588. The quantitative estimate of drug-likeness (QED) is 0.610. The first kappa shape index (κ1) is 16.7. The Kier molecular flexibility index (Phi) is 4.45. The Morgan fingerprint density at radius 1 is 1.38 bits per heavy atom. The Hall–Kier alpha value is -2.15. The number of ether oxygens (including phenoxy) is 2. The van der Waals surface area contributed by atoms with Crippen LogP contribution in [-0.2, 0) is 4.74 Å². The highest BCUT2D eigenvalue weighted by Crippen LogP contribution is 2.59. The smallest absolute Gasteiger partial charge is 0.310 e. The molecule has 1 unspecified atom stereocenters. The summed E-state index contributed by atoms with van der Waals surface area (Å²) in [4.78, 5) is 24.9. The molecule has 1 saturated heterocycles. The van der Waals surface area contributed by atoms with E-state index in [9.17, 15) is 14.9 Å². The number of piperidine rings is 1. The Bertz CT molecular complexity index is 652. The van der Waals surface area contributed by atoms with Gasteiger partial charge in [-0.05, 0) is 36.7 Å². The van der Waals surface area contributed by atoms with Crippen molar-refractivity contribution in [1.29, 1.82) is 0 Å². The first-order valence-corrected chi connectivity index (χ1v) is 8.11. The molecule has 1 aromatic carbocycles. The number of nitro groups is 1. The molecule has 1 atom stereocenters. The average molecular weight is 334 g/mol. The zero-order chi connectivity index (χ0) is 17.3. The molecule has 1 aliphatic heterocycles. The lowest BCUT2D eigenvalue weighted by Crippen LogP contribution is -2.39. The van der Waals surface area contributed by atoms with Crippen molar-refractivity contribution in [2.24, 2.45) is 11.3 Å². The second kappa shape index (κ2) is 6.39. The predicted molar refractivity (Wildman–Crippen MR) is 87.2 cm³/mol. The number of methoxy groups -OCH3 is 2. The van der Waals surface area contributed by atoms with Crippen LogP contribution in [0.5, 0.6) is 5.75 Å². The van der Waals surface area contributed by atoms with E-state index in [1.54, 1.807) is 7.11 Å². The number of carbonyl (C=O) groups is 1. The summed E-state index contributed by atoms with van der Waals surface area (Å²) < 4.78 is 10.3. The van der Waals surface area contributed by atoms with Gasteiger partial charge in [-0.1, -0.05) is 0 Å².